The van der Waals surface area contributed by atoms with Crippen molar-refractivity contribution in [1.82, 2.24) is 35.5 Å². The molecule has 10 nitrogen and oxygen atoms in total. The number of nitrogens with one attached hydrogen (secondary N) is 4. The highest BCUT2D eigenvalue weighted by molar-refractivity contribution is 5.87. The van der Waals surface area contributed by atoms with Gasteiger partial charge in [-0.15, -0.1) is 0 Å². The number of amides is 1. The number of aromatic amines is 2. The van der Waals surface area contributed by atoms with Crippen LogP contribution in [0.25, 0.3) is 44.5 Å². The number of carbonyl (C=O) groups is 2. The molecule has 2 aromatic heterocycles. The Hall–Kier alpha value is -4.94. The van der Waals surface area contributed by atoms with E-state index in [1.807, 2.05) is 50.2 Å². The van der Waals surface area contributed by atoms with E-state index in [1.54, 1.807) is 24.4 Å². The largest absolute Gasteiger partial charge is 0.453 e. The maximum atomic E-state index is 16.5. The zero-order valence-electron chi connectivity index (χ0n) is 31.2. The molecule has 10 rings (SSSR count). The van der Waals surface area contributed by atoms with E-state index in [0.29, 0.717) is 46.7 Å². The monoisotopic (exact) mass is 745 g/mol. The second kappa shape index (κ2) is 12.3. The first-order valence-corrected chi connectivity index (χ1v) is 19.5. The van der Waals surface area contributed by atoms with Gasteiger partial charge < -0.3 is 30.1 Å². The summed E-state index contributed by atoms with van der Waals surface area (Å²) in [5, 5.41) is 6.51. The number of hydrogen-bond acceptors (Lipinski definition) is 7. The summed E-state index contributed by atoms with van der Waals surface area (Å²) in [6.07, 6.45) is 8.56. The van der Waals surface area contributed by atoms with E-state index in [-0.39, 0.29) is 34.5 Å². The number of aromatic nitrogens is 4. The van der Waals surface area contributed by atoms with Gasteiger partial charge in [-0.25, -0.2) is 14.8 Å². The Labute approximate surface area is 317 Å². The molecular formula is C43H45F2N7O3. The first-order valence-electron chi connectivity index (χ1n) is 19.5. The molecule has 5 aliphatic rings. The van der Waals surface area contributed by atoms with Crippen LogP contribution in [0.15, 0.2) is 60.8 Å². The van der Waals surface area contributed by atoms with Crippen molar-refractivity contribution in [2.24, 2.45) is 17.3 Å². The van der Waals surface area contributed by atoms with Crippen LogP contribution in [-0.4, -0.2) is 69.0 Å². The summed E-state index contributed by atoms with van der Waals surface area (Å²) in [6.45, 7) is 4.89. The number of imidazole rings is 2. The van der Waals surface area contributed by atoms with Gasteiger partial charge in [0.1, 0.15) is 23.5 Å². The number of piperidine rings is 1. The smallest absolute Gasteiger partial charge is 0.407 e. The third-order valence-corrected chi connectivity index (χ3v) is 13.5. The van der Waals surface area contributed by atoms with Crippen LogP contribution in [0.1, 0.15) is 87.2 Å². The quantitative estimate of drug-likeness (QED) is 0.113. The highest BCUT2D eigenvalue weighted by Crippen LogP contribution is 2.59. The lowest BCUT2D eigenvalue weighted by atomic mass is 9.87. The molecule has 2 bridgehead atoms. The number of H-pyrrole nitrogens is 2. The predicted molar refractivity (Wildman–Crippen MR) is 204 cm³/mol. The van der Waals surface area contributed by atoms with Crippen LogP contribution in [0, 0.1) is 17.3 Å². The second-order valence-electron chi connectivity index (χ2n) is 17.1. The minimum atomic E-state index is -3.19. The van der Waals surface area contributed by atoms with E-state index in [0.717, 1.165) is 60.1 Å². The van der Waals surface area contributed by atoms with Crippen LogP contribution in [-0.2, 0) is 15.5 Å². The second-order valence-corrected chi connectivity index (χ2v) is 17.1. The van der Waals surface area contributed by atoms with E-state index in [9.17, 15) is 9.59 Å². The number of fused-ring (bicyclic) bond motifs is 6. The maximum Gasteiger partial charge on any atom is 0.407 e. The number of carbonyl (C=O) groups excluding carboxylic acids is 2. The fraction of sp³-hybridized carbons (Fsp3) is 0.442. The number of ether oxygens (including phenoxy) is 1. The lowest BCUT2D eigenvalue weighted by molar-refractivity contribution is -0.115. The summed E-state index contributed by atoms with van der Waals surface area (Å²) in [4.78, 5) is 43.7. The van der Waals surface area contributed by atoms with Crippen LogP contribution >= 0.6 is 0 Å². The van der Waals surface area contributed by atoms with Gasteiger partial charge in [0.15, 0.2) is 0 Å². The Kier molecular flexibility index (Phi) is 7.71. The summed E-state index contributed by atoms with van der Waals surface area (Å²) < 4.78 is 37.8. The van der Waals surface area contributed by atoms with Gasteiger partial charge in [0, 0.05) is 35.8 Å². The number of benzene rings is 3. The lowest BCUT2D eigenvalue weighted by Crippen LogP contribution is -2.60. The maximum absolute atomic E-state index is 16.5. The Balaban J connectivity index is 0.913. The number of alkyl carbamates (subject to hydrolysis) is 1. The molecule has 4 N–H and O–H groups in total. The SMILES string of the molecule is COC(=O)N[C@@](C=O)(CN1CC2(CC2)CC1c1ncc(-c2ccc3c(c2)C(F)(F)c2cc(-c4ccc5nc(C6NC7CCC6C7)[nH]c5c4)ccc2-3)[nH]1)C(C)C. The lowest BCUT2D eigenvalue weighted by Gasteiger charge is -2.37. The number of aldehydes is 1. The zero-order valence-corrected chi connectivity index (χ0v) is 31.2. The standard InChI is InChI=1S/C43H45F2N7O3/c1-23(2)42(22-53,51-40(54)55-3)21-52-20-41(12-13-41)18-36(52)38-46-19-35(50-38)26-6-10-30-29-9-5-24(15-31(29)43(44,45)32(30)16-26)25-7-11-33-34(17-25)49-39(48-33)37-27-4-8-28(14-27)47-37/h5-7,9-11,15-17,19,22-23,27-28,36-37,47H,4,8,12-14,18,20-21H2,1-3H3,(H,46,50)(H,48,49)(H,51,54)/t27?,28?,36?,37?,42-/m1/s1. The van der Waals surface area contributed by atoms with Crippen molar-refractivity contribution in [3.8, 4) is 33.5 Å². The molecular weight excluding hydrogens is 701 g/mol. The van der Waals surface area contributed by atoms with Gasteiger partial charge in [0.05, 0.1) is 42.1 Å². The summed E-state index contributed by atoms with van der Waals surface area (Å²) in [5.41, 5.74) is 4.68. The average molecular weight is 746 g/mol. The van der Waals surface area contributed by atoms with Crippen LogP contribution < -0.4 is 10.6 Å². The van der Waals surface area contributed by atoms with Gasteiger partial charge in [0.25, 0.3) is 5.92 Å². The van der Waals surface area contributed by atoms with Crippen molar-refractivity contribution >= 4 is 23.4 Å². The molecule has 12 heteroatoms. The summed E-state index contributed by atoms with van der Waals surface area (Å²) in [7, 11) is 1.28. The number of rotatable bonds is 9. The molecule has 4 unspecified atom stereocenters. The molecule has 4 heterocycles. The van der Waals surface area contributed by atoms with Crippen LogP contribution in [0.4, 0.5) is 13.6 Å². The van der Waals surface area contributed by atoms with E-state index < -0.39 is 17.6 Å². The number of methoxy groups -OCH3 is 1. The Morgan fingerprint density at radius 3 is 2.42 bits per heavy atom. The number of hydrogen-bond donors (Lipinski definition) is 4. The number of nitrogens with zero attached hydrogens (tertiary/aromatic N) is 3. The van der Waals surface area contributed by atoms with E-state index in [4.69, 9.17) is 14.7 Å². The topological polar surface area (TPSA) is 128 Å². The summed E-state index contributed by atoms with van der Waals surface area (Å²) in [5.74, 6) is -1.10. The highest BCUT2D eigenvalue weighted by atomic mass is 19.3. The van der Waals surface area contributed by atoms with E-state index in [1.165, 1.54) is 26.4 Å². The summed E-state index contributed by atoms with van der Waals surface area (Å²) in [6, 6.07) is 17.3. The first kappa shape index (κ1) is 34.5. The van der Waals surface area contributed by atoms with Crippen LogP contribution in [0.3, 0.4) is 0 Å². The number of alkyl halides is 2. The van der Waals surface area contributed by atoms with Crippen molar-refractivity contribution in [2.45, 2.75) is 82.0 Å². The van der Waals surface area contributed by atoms with Gasteiger partial charge in [-0.3, -0.25) is 4.90 Å². The molecule has 1 amide bonds. The molecule has 2 saturated carbocycles. The van der Waals surface area contributed by atoms with Crippen LogP contribution in [0.5, 0.6) is 0 Å². The number of halogens is 2. The summed E-state index contributed by atoms with van der Waals surface area (Å²) >= 11 is 0. The first-order chi connectivity index (χ1) is 26.5. The van der Waals surface area contributed by atoms with Crippen molar-refractivity contribution in [3.63, 3.8) is 0 Å². The Morgan fingerprint density at radius 1 is 1.02 bits per heavy atom. The number of likely N-dealkylation sites (tertiary alicyclic amines) is 1. The molecule has 1 spiro atoms. The highest BCUT2D eigenvalue weighted by Gasteiger charge is 2.55. The zero-order chi connectivity index (χ0) is 37.9. The molecule has 0 radical (unpaired) electrons. The third kappa shape index (κ3) is 5.54. The third-order valence-electron chi connectivity index (χ3n) is 13.5. The molecule has 4 fully saturated rings. The molecule has 2 saturated heterocycles. The van der Waals surface area contributed by atoms with E-state index in [2.05, 4.69) is 25.5 Å². The van der Waals surface area contributed by atoms with Crippen molar-refractivity contribution in [1.29, 1.82) is 0 Å². The average Bonchev–Trinajstić information content (AvgIpc) is 3.84. The van der Waals surface area contributed by atoms with Gasteiger partial charge in [-0.1, -0.05) is 44.2 Å². The van der Waals surface area contributed by atoms with Crippen LogP contribution in [0.2, 0.25) is 0 Å². The van der Waals surface area contributed by atoms with Crippen molar-refractivity contribution in [3.05, 3.63) is 83.6 Å². The van der Waals surface area contributed by atoms with Gasteiger partial charge >= 0.3 is 6.09 Å². The van der Waals surface area contributed by atoms with Gasteiger partial charge in [0.2, 0.25) is 0 Å². The van der Waals surface area contributed by atoms with Gasteiger partial charge in [-0.05, 0) is 102 Å². The molecule has 284 valence electrons. The Morgan fingerprint density at radius 2 is 1.75 bits per heavy atom. The van der Waals surface area contributed by atoms with Crippen molar-refractivity contribution < 1.29 is 23.1 Å². The Bertz CT molecular complexity index is 2360. The molecule has 5 aromatic rings. The molecule has 3 aliphatic carbocycles. The minimum absolute atomic E-state index is 0.000246. The predicted octanol–water partition coefficient (Wildman–Crippen LogP) is 8.03. The molecule has 3 aromatic carbocycles. The molecule has 5 atom stereocenters. The fourth-order valence-electron chi connectivity index (χ4n) is 10.0. The normalized spacial score (nSPS) is 25.3. The van der Waals surface area contributed by atoms with E-state index >= 15 is 8.78 Å². The molecule has 2 aliphatic heterocycles. The van der Waals surface area contributed by atoms with Crippen molar-refractivity contribution in [2.75, 3.05) is 20.2 Å². The molecule has 55 heavy (non-hydrogen) atoms. The van der Waals surface area contributed by atoms with Gasteiger partial charge in [-0.2, -0.15) is 8.78 Å². The fourth-order valence-corrected chi connectivity index (χ4v) is 10.0. The minimum Gasteiger partial charge on any atom is -0.453 e.